The molecule has 2 aromatic carbocycles. The second-order valence-electron chi connectivity index (χ2n) is 6.90. The van der Waals surface area contributed by atoms with E-state index >= 15 is 0 Å². The van der Waals surface area contributed by atoms with E-state index in [0.717, 1.165) is 11.3 Å². The Morgan fingerprint density at radius 1 is 1.14 bits per heavy atom. The molecule has 0 bridgehead atoms. The molecule has 3 rings (SSSR count). The van der Waals surface area contributed by atoms with Gasteiger partial charge in [-0.2, -0.15) is 4.98 Å². The number of carbonyl (C=O) groups excluding carboxylic acids is 1. The van der Waals surface area contributed by atoms with E-state index in [1.165, 1.54) is 0 Å². The summed E-state index contributed by atoms with van der Waals surface area (Å²) in [6, 6.07) is 16.8. The number of carbonyl (C=O) groups is 1. The van der Waals surface area contributed by atoms with Crippen LogP contribution in [0.5, 0.6) is 5.75 Å². The van der Waals surface area contributed by atoms with Crippen LogP contribution < -0.4 is 4.74 Å². The van der Waals surface area contributed by atoms with Crippen molar-refractivity contribution in [3.8, 4) is 17.1 Å². The Labute approximate surface area is 175 Å². The van der Waals surface area contributed by atoms with Crippen LogP contribution in [0.3, 0.4) is 0 Å². The lowest BCUT2D eigenvalue weighted by Crippen LogP contribution is -2.36. The van der Waals surface area contributed by atoms with Gasteiger partial charge in [0, 0.05) is 23.0 Å². The molecule has 3 aromatic rings. The second kappa shape index (κ2) is 10.1. The zero-order valence-electron chi connectivity index (χ0n) is 16.5. The summed E-state index contributed by atoms with van der Waals surface area (Å²) in [7, 11) is 0. The van der Waals surface area contributed by atoms with Crippen molar-refractivity contribution in [1.29, 1.82) is 0 Å². The Morgan fingerprint density at radius 2 is 1.86 bits per heavy atom. The average molecular weight is 414 g/mol. The molecule has 0 N–H and O–H groups in total. The van der Waals surface area contributed by atoms with Crippen molar-refractivity contribution >= 4 is 17.5 Å². The highest BCUT2D eigenvalue weighted by molar-refractivity contribution is 6.30. The van der Waals surface area contributed by atoms with Crippen LogP contribution in [0.4, 0.5) is 0 Å². The first-order chi connectivity index (χ1) is 14.0. The fourth-order valence-corrected chi connectivity index (χ4v) is 2.94. The van der Waals surface area contributed by atoms with Gasteiger partial charge in [-0.15, -0.1) is 0 Å². The number of ether oxygens (including phenoxy) is 1. The summed E-state index contributed by atoms with van der Waals surface area (Å²) in [5.74, 6) is 1.71. The van der Waals surface area contributed by atoms with Crippen molar-refractivity contribution in [1.82, 2.24) is 15.0 Å². The first-order valence-electron chi connectivity index (χ1n) is 9.59. The molecule has 152 valence electrons. The van der Waals surface area contributed by atoms with Gasteiger partial charge in [0.2, 0.25) is 17.6 Å². The molecule has 0 aliphatic carbocycles. The number of hydrogen-bond donors (Lipinski definition) is 0. The molecule has 0 saturated carbocycles. The average Bonchev–Trinajstić information content (AvgIpc) is 3.19. The van der Waals surface area contributed by atoms with Crippen LogP contribution in [0, 0.1) is 0 Å². The van der Waals surface area contributed by atoms with Crippen LogP contribution in [0.25, 0.3) is 11.4 Å². The summed E-state index contributed by atoms with van der Waals surface area (Å²) in [5, 5.41) is 4.65. The van der Waals surface area contributed by atoms with E-state index < -0.39 is 0 Å². The molecule has 1 aromatic heterocycles. The number of hydrogen-bond acceptors (Lipinski definition) is 5. The standard InChI is InChI=1S/C22H24ClN3O3/c1-16(2)26(21(27)9-6-14-28-19-7-4-3-5-8-19)15-20-24-22(25-29-20)17-10-12-18(23)13-11-17/h3-5,7-8,10-13,16H,6,9,14-15H2,1-2H3. The molecule has 0 spiro atoms. The maximum atomic E-state index is 12.7. The van der Waals surface area contributed by atoms with Crippen LogP contribution in [0.2, 0.25) is 5.02 Å². The van der Waals surface area contributed by atoms with E-state index in [2.05, 4.69) is 10.1 Å². The van der Waals surface area contributed by atoms with E-state index in [1.54, 1.807) is 17.0 Å². The number of nitrogens with zero attached hydrogens (tertiary/aromatic N) is 3. The maximum absolute atomic E-state index is 12.7. The van der Waals surface area contributed by atoms with Crippen molar-refractivity contribution in [2.24, 2.45) is 0 Å². The Bertz CT molecular complexity index is 911. The molecular formula is C22H24ClN3O3. The molecule has 0 radical (unpaired) electrons. The van der Waals surface area contributed by atoms with E-state index in [-0.39, 0.29) is 18.5 Å². The summed E-state index contributed by atoms with van der Waals surface area (Å²) in [6.45, 7) is 4.70. The first kappa shape index (κ1) is 20.9. The molecule has 7 heteroatoms. The van der Waals surface area contributed by atoms with Crippen LogP contribution in [-0.2, 0) is 11.3 Å². The fraction of sp³-hybridized carbons (Fsp3) is 0.318. The lowest BCUT2D eigenvalue weighted by Gasteiger charge is -2.25. The molecule has 0 unspecified atom stereocenters. The predicted octanol–water partition coefficient (Wildman–Crippen LogP) is 4.99. The number of aromatic nitrogens is 2. The number of halogens is 1. The highest BCUT2D eigenvalue weighted by atomic mass is 35.5. The molecule has 1 heterocycles. The van der Waals surface area contributed by atoms with Crippen molar-refractivity contribution in [3.05, 3.63) is 65.5 Å². The van der Waals surface area contributed by atoms with E-state index in [9.17, 15) is 4.79 Å². The second-order valence-corrected chi connectivity index (χ2v) is 7.34. The zero-order chi connectivity index (χ0) is 20.6. The maximum Gasteiger partial charge on any atom is 0.246 e. The van der Waals surface area contributed by atoms with Gasteiger partial charge in [0.1, 0.15) is 12.3 Å². The SMILES string of the molecule is CC(C)N(Cc1nc(-c2ccc(Cl)cc2)no1)C(=O)CCCOc1ccccc1. The Hall–Kier alpha value is -2.86. The summed E-state index contributed by atoms with van der Waals surface area (Å²) in [6.07, 6.45) is 1.03. The predicted molar refractivity (Wildman–Crippen MR) is 112 cm³/mol. The molecule has 6 nitrogen and oxygen atoms in total. The Morgan fingerprint density at radius 3 is 2.55 bits per heavy atom. The van der Waals surface area contributed by atoms with Gasteiger partial charge < -0.3 is 14.2 Å². The highest BCUT2D eigenvalue weighted by Crippen LogP contribution is 2.20. The van der Waals surface area contributed by atoms with Crippen molar-refractivity contribution < 1.29 is 14.1 Å². The smallest absolute Gasteiger partial charge is 0.246 e. The van der Waals surface area contributed by atoms with Gasteiger partial charge in [-0.3, -0.25) is 4.79 Å². The van der Waals surface area contributed by atoms with Gasteiger partial charge in [-0.05, 0) is 56.7 Å². The highest BCUT2D eigenvalue weighted by Gasteiger charge is 2.20. The minimum atomic E-state index is 0.0171. The van der Waals surface area contributed by atoms with Gasteiger partial charge in [0.05, 0.1) is 6.61 Å². The molecule has 29 heavy (non-hydrogen) atoms. The quantitative estimate of drug-likeness (QED) is 0.462. The third-order valence-electron chi connectivity index (χ3n) is 4.37. The number of amides is 1. The van der Waals surface area contributed by atoms with E-state index in [0.29, 0.717) is 36.2 Å². The summed E-state index contributed by atoms with van der Waals surface area (Å²) in [5.41, 5.74) is 0.810. The van der Waals surface area contributed by atoms with Crippen LogP contribution in [0.15, 0.2) is 59.1 Å². The van der Waals surface area contributed by atoms with Crippen LogP contribution in [-0.4, -0.2) is 33.6 Å². The van der Waals surface area contributed by atoms with Gasteiger partial charge in [0.15, 0.2) is 0 Å². The molecular weight excluding hydrogens is 390 g/mol. The molecule has 0 aliphatic heterocycles. The Kier molecular flexibility index (Phi) is 7.25. The molecule has 0 aliphatic rings. The van der Waals surface area contributed by atoms with E-state index in [1.807, 2.05) is 56.3 Å². The third-order valence-corrected chi connectivity index (χ3v) is 4.62. The summed E-state index contributed by atoms with van der Waals surface area (Å²) in [4.78, 5) is 18.8. The van der Waals surface area contributed by atoms with Crippen molar-refractivity contribution in [2.75, 3.05) is 6.61 Å². The topological polar surface area (TPSA) is 68.5 Å². The Balaban J connectivity index is 1.54. The lowest BCUT2D eigenvalue weighted by molar-refractivity contribution is -0.134. The van der Waals surface area contributed by atoms with Gasteiger partial charge >= 0.3 is 0 Å². The number of rotatable bonds is 9. The van der Waals surface area contributed by atoms with Gasteiger partial charge in [-0.1, -0.05) is 35.0 Å². The molecule has 0 atom stereocenters. The molecule has 0 saturated heterocycles. The van der Waals surface area contributed by atoms with Crippen molar-refractivity contribution in [3.63, 3.8) is 0 Å². The minimum absolute atomic E-state index is 0.0171. The van der Waals surface area contributed by atoms with Crippen LogP contribution in [0.1, 0.15) is 32.6 Å². The fourth-order valence-electron chi connectivity index (χ4n) is 2.81. The summed E-state index contributed by atoms with van der Waals surface area (Å²) < 4.78 is 11.0. The monoisotopic (exact) mass is 413 g/mol. The number of para-hydroxylation sites is 1. The minimum Gasteiger partial charge on any atom is -0.494 e. The largest absolute Gasteiger partial charge is 0.494 e. The normalized spacial score (nSPS) is 10.9. The zero-order valence-corrected chi connectivity index (χ0v) is 17.3. The van der Waals surface area contributed by atoms with Gasteiger partial charge in [0.25, 0.3) is 0 Å². The summed E-state index contributed by atoms with van der Waals surface area (Å²) >= 11 is 5.91. The molecule has 0 fully saturated rings. The molecule has 1 amide bonds. The van der Waals surface area contributed by atoms with Crippen molar-refractivity contribution in [2.45, 2.75) is 39.3 Å². The first-order valence-corrected chi connectivity index (χ1v) is 9.96. The van der Waals surface area contributed by atoms with Crippen LogP contribution >= 0.6 is 11.6 Å². The van der Waals surface area contributed by atoms with Gasteiger partial charge in [-0.25, -0.2) is 0 Å². The number of benzene rings is 2. The van der Waals surface area contributed by atoms with E-state index in [4.69, 9.17) is 20.9 Å². The lowest BCUT2D eigenvalue weighted by atomic mass is 10.2. The third kappa shape index (κ3) is 6.06.